The molecule has 9 heteroatoms. The van der Waals surface area contributed by atoms with E-state index in [2.05, 4.69) is 116 Å². The van der Waals surface area contributed by atoms with Gasteiger partial charge < -0.3 is 40.3 Å². The highest BCUT2D eigenvalue weighted by atomic mass is 16.7. The minimum atomic E-state index is -1.58. The van der Waals surface area contributed by atoms with Crippen molar-refractivity contribution >= 4 is 5.91 Å². The highest BCUT2D eigenvalue weighted by molar-refractivity contribution is 5.76. The quantitative estimate of drug-likeness (QED) is 0.0261. The van der Waals surface area contributed by atoms with Crippen LogP contribution in [0.15, 0.2) is 109 Å². The second kappa shape index (κ2) is 61.0. The first-order valence-corrected chi connectivity index (χ1v) is 34.1. The van der Waals surface area contributed by atoms with Crippen molar-refractivity contribution in [2.24, 2.45) is 0 Å². The number of hydrogen-bond acceptors (Lipinski definition) is 8. The number of rotatable bonds is 58. The van der Waals surface area contributed by atoms with E-state index < -0.39 is 49.5 Å². The van der Waals surface area contributed by atoms with Crippen LogP contribution in [-0.2, 0) is 14.3 Å². The Hall–Kier alpha value is -3.15. The topological polar surface area (TPSA) is 149 Å². The maximum absolute atomic E-state index is 13.1. The fourth-order valence-corrected chi connectivity index (χ4v) is 10.3. The highest BCUT2D eigenvalue weighted by Crippen LogP contribution is 2.23. The van der Waals surface area contributed by atoms with Crippen molar-refractivity contribution in [3.8, 4) is 0 Å². The zero-order chi connectivity index (χ0) is 59.3. The molecule has 82 heavy (non-hydrogen) atoms. The lowest BCUT2D eigenvalue weighted by Gasteiger charge is -2.40. The number of aliphatic hydroxyl groups is 5. The third kappa shape index (κ3) is 49.1. The summed E-state index contributed by atoms with van der Waals surface area (Å²) in [6.07, 6.45) is 83.3. The molecule has 1 aliphatic rings. The summed E-state index contributed by atoms with van der Waals surface area (Å²) in [6.45, 7) is 3.66. The number of carbonyl (C=O) groups excluding carboxylic acids is 1. The fraction of sp³-hybridized carbons (Fsp3) is 0.740. The van der Waals surface area contributed by atoms with Crippen LogP contribution in [0.1, 0.15) is 290 Å². The number of nitrogens with one attached hydrogen (secondary N) is 1. The number of ether oxygens (including phenoxy) is 2. The molecule has 0 aromatic heterocycles. The average Bonchev–Trinajstić information content (AvgIpc) is 3.52. The van der Waals surface area contributed by atoms with Crippen molar-refractivity contribution in [1.82, 2.24) is 5.32 Å². The van der Waals surface area contributed by atoms with Gasteiger partial charge in [-0.25, -0.2) is 0 Å². The molecule has 0 aromatic carbocycles. The van der Waals surface area contributed by atoms with E-state index >= 15 is 0 Å². The van der Waals surface area contributed by atoms with E-state index in [1.54, 1.807) is 6.08 Å². The number of allylic oxidation sites excluding steroid dienone is 17. The molecule has 1 rings (SSSR count). The van der Waals surface area contributed by atoms with Crippen LogP contribution in [0.3, 0.4) is 0 Å². The summed E-state index contributed by atoms with van der Waals surface area (Å²) in [5.41, 5.74) is 0. The lowest BCUT2D eigenvalue weighted by atomic mass is 9.99. The molecule has 0 aliphatic carbocycles. The minimum absolute atomic E-state index is 0.190. The Morgan fingerprint density at radius 1 is 0.427 bits per heavy atom. The molecular weight excluding hydrogens is 1020 g/mol. The molecular formula is C73H127NO8. The maximum atomic E-state index is 13.1. The largest absolute Gasteiger partial charge is 0.394 e. The summed E-state index contributed by atoms with van der Waals surface area (Å²) in [5.74, 6) is -0.190. The first kappa shape index (κ1) is 76.9. The molecule has 9 nitrogen and oxygen atoms in total. The normalized spacial score (nSPS) is 19.0. The van der Waals surface area contributed by atoms with E-state index in [1.165, 1.54) is 186 Å². The van der Waals surface area contributed by atoms with E-state index in [4.69, 9.17) is 9.47 Å². The number of unbranched alkanes of at least 4 members (excludes halogenated alkanes) is 32. The van der Waals surface area contributed by atoms with Gasteiger partial charge in [-0.15, -0.1) is 0 Å². The SMILES string of the molecule is CC/C=C\C/C=C\C/C=C\C/C=C\C/C=C\C/C=C\CCCCCCCCCCCCCCCCCCCCCCC(=O)NC(COC1OC(CO)C(O)C(O)C1O)C(O)/C=C/CC/C=C/CC/C=C/CCCCCCCCCCCC. The lowest BCUT2D eigenvalue weighted by molar-refractivity contribution is -0.302. The van der Waals surface area contributed by atoms with Gasteiger partial charge in [-0.1, -0.05) is 297 Å². The number of aliphatic hydroxyl groups excluding tert-OH is 5. The Morgan fingerprint density at radius 2 is 0.768 bits per heavy atom. The summed E-state index contributed by atoms with van der Waals surface area (Å²) >= 11 is 0. The van der Waals surface area contributed by atoms with Crippen molar-refractivity contribution in [2.75, 3.05) is 13.2 Å². The van der Waals surface area contributed by atoms with Gasteiger partial charge in [-0.05, 0) is 96.3 Å². The Labute approximate surface area is 504 Å². The molecule has 1 amide bonds. The zero-order valence-corrected chi connectivity index (χ0v) is 52.7. The lowest BCUT2D eigenvalue weighted by Crippen LogP contribution is -2.60. The first-order valence-electron chi connectivity index (χ1n) is 34.1. The van der Waals surface area contributed by atoms with E-state index in [0.717, 1.165) is 83.5 Å². The molecule has 0 spiro atoms. The molecule has 1 fully saturated rings. The fourth-order valence-electron chi connectivity index (χ4n) is 10.3. The van der Waals surface area contributed by atoms with E-state index in [1.807, 2.05) is 6.08 Å². The van der Waals surface area contributed by atoms with Crippen LogP contribution in [0, 0.1) is 0 Å². The molecule has 6 N–H and O–H groups in total. The van der Waals surface area contributed by atoms with Gasteiger partial charge in [0, 0.05) is 6.42 Å². The molecule has 0 radical (unpaired) electrons. The Morgan fingerprint density at radius 3 is 1.17 bits per heavy atom. The number of carbonyl (C=O) groups is 1. The molecule has 7 atom stereocenters. The molecule has 472 valence electrons. The molecule has 7 unspecified atom stereocenters. The molecule has 0 bridgehead atoms. The monoisotopic (exact) mass is 1150 g/mol. The van der Waals surface area contributed by atoms with E-state index in [-0.39, 0.29) is 12.5 Å². The van der Waals surface area contributed by atoms with Crippen LogP contribution in [0.2, 0.25) is 0 Å². The third-order valence-electron chi connectivity index (χ3n) is 15.6. The predicted octanol–water partition coefficient (Wildman–Crippen LogP) is 18.5. The van der Waals surface area contributed by atoms with Crippen LogP contribution in [0.5, 0.6) is 0 Å². The second-order valence-corrected chi connectivity index (χ2v) is 23.2. The molecule has 1 heterocycles. The second-order valence-electron chi connectivity index (χ2n) is 23.2. The summed E-state index contributed by atoms with van der Waals surface area (Å²) in [4.78, 5) is 13.1. The van der Waals surface area contributed by atoms with Gasteiger partial charge in [0.05, 0.1) is 25.4 Å². The standard InChI is InChI=1S/C73H127NO8/c1-3-5-7-9-11-13-15-17-19-21-23-25-26-27-28-29-30-31-32-33-34-35-36-37-38-39-40-41-42-43-45-47-49-51-53-55-57-59-61-63-69(77)74-66(65-81-73-72(80)71(79)70(78)68(64-75)82-73)67(76)62-60-58-56-54-52-50-48-46-44-24-22-20-18-16-14-12-10-8-6-4-2/h5,7,11,13,17,19,23,25,27-28,30-31,44,46,52,54,60,62,66-68,70-73,75-76,78-80H,3-4,6,8-10,12,14-16,18,20-22,24,26,29,32-43,45,47-51,53,55-59,61,63-65H2,1-2H3,(H,74,77)/b7-5-,13-11-,19-17-,25-23-,28-27-,31-30-,46-44+,54-52+,62-60+. The van der Waals surface area contributed by atoms with Gasteiger partial charge in [0.25, 0.3) is 0 Å². The van der Waals surface area contributed by atoms with Crippen molar-refractivity contribution < 1.29 is 39.8 Å². The van der Waals surface area contributed by atoms with Crippen molar-refractivity contribution in [1.29, 1.82) is 0 Å². The summed E-state index contributed by atoms with van der Waals surface area (Å²) in [5, 5.41) is 54.6. The first-order chi connectivity index (χ1) is 40.3. The van der Waals surface area contributed by atoms with Gasteiger partial charge >= 0.3 is 0 Å². The predicted molar refractivity (Wildman–Crippen MR) is 350 cm³/mol. The smallest absolute Gasteiger partial charge is 0.220 e. The molecule has 0 saturated carbocycles. The molecule has 1 aliphatic heterocycles. The summed E-state index contributed by atoms with van der Waals surface area (Å²) in [6, 6.07) is -0.833. The van der Waals surface area contributed by atoms with E-state index in [9.17, 15) is 30.3 Å². The van der Waals surface area contributed by atoms with Crippen LogP contribution in [-0.4, -0.2) is 87.5 Å². The van der Waals surface area contributed by atoms with Crippen LogP contribution < -0.4 is 5.32 Å². The highest BCUT2D eigenvalue weighted by Gasteiger charge is 2.44. The van der Waals surface area contributed by atoms with Crippen molar-refractivity contribution in [3.63, 3.8) is 0 Å². The number of amides is 1. The summed E-state index contributed by atoms with van der Waals surface area (Å²) < 4.78 is 11.3. The van der Waals surface area contributed by atoms with Crippen LogP contribution in [0.25, 0.3) is 0 Å². The van der Waals surface area contributed by atoms with Gasteiger partial charge in [0.1, 0.15) is 24.4 Å². The Bertz CT molecular complexity index is 1660. The minimum Gasteiger partial charge on any atom is -0.394 e. The third-order valence-corrected chi connectivity index (χ3v) is 15.6. The Balaban J connectivity index is 2.11. The van der Waals surface area contributed by atoms with Crippen LogP contribution in [0.4, 0.5) is 0 Å². The van der Waals surface area contributed by atoms with Crippen molar-refractivity contribution in [3.05, 3.63) is 109 Å². The number of hydrogen-bond donors (Lipinski definition) is 6. The van der Waals surface area contributed by atoms with Gasteiger partial charge in [-0.3, -0.25) is 4.79 Å². The Kier molecular flexibility index (Phi) is 57.1. The van der Waals surface area contributed by atoms with Crippen molar-refractivity contribution in [2.45, 2.75) is 333 Å². The molecule has 0 aromatic rings. The van der Waals surface area contributed by atoms with Gasteiger partial charge in [0.15, 0.2) is 6.29 Å². The molecule has 1 saturated heterocycles. The van der Waals surface area contributed by atoms with Crippen LogP contribution >= 0.6 is 0 Å². The van der Waals surface area contributed by atoms with Gasteiger partial charge in [-0.2, -0.15) is 0 Å². The average molecular weight is 1150 g/mol. The maximum Gasteiger partial charge on any atom is 0.220 e. The summed E-state index contributed by atoms with van der Waals surface area (Å²) in [7, 11) is 0. The zero-order valence-electron chi connectivity index (χ0n) is 52.7. The van der Waals surface area contributed by atoms with E-state index in [0.29, 0.717) is 6.42 Å². The van der Waals surface area contributed by atoms with Gasteiger partial charge in [0.2, 0.25) is 5.91 Å².